The summed E-state index contributed by atoms with van der Waals surface area (Å²) in [7, 11) is 0. The number of benzene rings is 2. The highest BCUT2D eigenvalue weighted by molar-refractivity contribution is 5.81. The van der Waals surface area contributed by atoms with E-state index < -0.39 is 0 Å². The molecule has 2 aromatic carbocycles. The number of para-hydroxylation sites is 2. The van der Waals surface area contributed by atoms with Crippen molar-refractivity contribution in [2.24, 2.45) is 4.99 Å². The highest BCUT2D eigenvalue weighted by Gasteiger charge is 2.00. The molecule has 21 heavy (non-hydrogen) atoms. The normalized spacial score (nSPS) is 10.9. The predicted octanol–water partition coefficient (Wildman–Crippen LogP) is 4.20. The number of pyridine rings is 1. The van der Waals surface area contributed by atoms with Crippen LogP contribution in [0.3, 0.4) is 0 Å². The first-order valence-corrected chi connectivity index (χ1v) is 6.67. The molecule has 1 N–H and O–H groups in total. The fraction of sp³-hybridized carbons (Fsp3) is 0. The minimum atomic E-state index is 0.160. The molecule has 0 amide bonds. The highest BCUT2D eigenvalue weighted by Crippen LogP contribution is 2.24. The number of nitrogens with zero attached hydrogens (tertiary/aromatic N) is 2. The number of phenols is 1. The van der Waals surface area contributed by atoms with Gasteiger partial charge in [0.2, 0.25) is 0 Å². The maximum atomic E-state index is 9.69. The van der Waals surface area contributed by atoms with Gasteiger partial charge in [-0.15, -0.1) is 0 Å². The molecule has 3 heteroatoms. The van der Waals surface area contributed by atoms with Crippen LogP contribution in [0.2, 0.25) is 0 Å². The smallest absolute Gasteiger partial charge is 0.141 e. The summed E-state index contributed by atoms with van der Waals surface area (Å²) in [6.07, 6.45) is 1.65. The summed E-state index contributed by atoms with van der Waals surface area (Å²) in [4.78, 5) is 8.83. The van der Waals surface area contributed by atoms with Crippen LogP contribution in [-0.4, -0.2) is 16.3 Å². The molecule has 0 saturated carbocycles. The topological polar surface area (TPSA) is 45.5 Å². The van der Waals surface area contributed by atoms with E-state index in [0.29, 0.717) is 5.69 Å². The van der Waals surface area contributed by atoms with E-state index in [2.05, 4.69) is 9.98 Å². The summed E-state index contributed by atoms with van der Waals surface area (Å²) in [5.74, 6) is 0.160. The van der Waals surface area contributed by atoms with Crippen molar-refractivity contribution < 1.29 is 5.11 Å². The quantitative estimate of drug-likeness (QED) is 0.727. The van der Waals surface area contributed by atoms with E-state index in [1.54, 1.807) is 24.4 Å². The third-order valence-corrected chi connectivity index (χ3v) is 3.06. The lowest BCUT2D eigenvalue weighted by Crippen LogP contribution is -1.90. The molecule has 0 fully saturated rings. The van der Waals surface area contributed by atoms with Gasteiger partial charge in [-0.25, -0.2) is 4.98 Å². The van der Waals surface area contributed by atoms with Crippen molar-refractivity contribution in [3.63, 3.8) is 0 Å². The maximum Gasteiger partial charge on any atom is 0.141 e. The molecule has 3 nitrogen and oxygen atoms in total. The van der Waals surface area contributed by atoms with Gasteiger partial charge in [-0.2, -0.15) is 0 Å². The van der Waals surface area contributed by atoms with Crippen LogP contribution >= 0.6 is 0 Å². The van der Waals surface area contributed by atoms with Crippen LogP contribution in [0.4, 0.5) is 5.69 Å². The van der Waals surface area contributed by atoms with Gasteiger partial charge in [-0.05, 0) is 24.3 Å². The summed E-state index contributed by atoms with van der Waals surface area (Å²) in [5.41, 5.74) is 3.25. The lowest BCUT2D eigenvalue weighted by molar-refractivity contribution is 0.477. The number of rotatable bonds is 3. The Morgan fingerprint density at radius 2 is 1.57 bits per heavy atom. The van der Waals surface area contributed by atoms with E-state index in [9.17, 15) is 5.11 Å². The largest absolute Gasteiger partial charge is 0.506 e. The lowest BCUT2D eigenvalue weighted by atomic mass is 10.1. The average molecular weight is 274 g/mol. The average Bonchev–Trinajstić information content (AvgIpc) is 2.55. The molecule has 0 radical (unpaired) electrons. The first-order valence-electron chi connectivity index (χ1n) is 6.67. The van der Waals surface area contributed by atoms with Gasteiger partial charge in [0.05, 0.1) is 17.6 Å². The van der Waals surface area contributed by atoms with Crippen LogP contribution in [0.15, 0.2) is 77.8 Å². The van der Waals surface area contributed by atoms with Crippen molar-refractivity contribution in [2.75, 3.05) is 0 Å². The van der Waals surface area contributed by atoms with Crippen molar-refractivity contribution in [1.29, 1.82) is 0 Å². The van der Waals surface area contributed by atoms with Crippen LogP contribution in [-0.2, 0) is 0 Å². The van der Waals surface area contributed by atoms with Crippen molar-refractivity contribution in [3.05, 3.63) is 78.5 Å². The van der Waals surface area contributed by atoms with Gasteiger partial charge >= 0.3 is 0 Å². The summed E-state index contributed by atoms with van der Waals surface area (Å²) in [6, 6.07) is 22.8. The second-order valence-corrected chi connectivity index (χ2v) is 4.56. The zero-order valence-electron chi connectivity index (χ0n) is 11.3. The second kappa shape index (κ2) is 6.01. The first-order chi connectivity index (χ1) is 10.3. The fourth-order valence-corrected chi connectivity index (χ4v) is 2.00. The van der Waals surface area contributed by atoms with E-state index in [-0.39, 0.29) is 5.75 Å². The number of hydrogen-bond donors (Lipinski definition) is 1. The van der Waals surface area contributed by atoms with Gasteiger partial charge in [-0.1, -0.05) is 48.5 Å². The zero-order chi connectivity index (χ0) is 14.5. The monoisotopic (exact) mass is 274 g/mol. The third kappa shape index (κ3) is 3.15. The number of hydrogen-bond acceptors (Lipinski definition) is 3. The van der Waals surface area contributed by atoms with Gasteiger partial charge in [0.15, 0.2) is 0 Å². The Morgan fingerprint density at radius 1 is 0.810 bits per heavy atom. The minimum absolute atomic E-state index is 0.160. The summed E-state index contributed by atoms with van der Waals surface area (Å²) < 4.78 is 0. The summed E-state index contributed by atoms with van der Waals surface area (Å²) in [6.45, 7) is 0. The number of aliphatic imine (C=N–C) groups is 1. The van der Waals surface area contributed by atoms with Gasteiger partial charge in [-0.3, -0.25) is 4.99 Å². The van der Waals surface area contributed by atoms with Crippen molar-refractivity contribution in [1.82, 2.24) is 4.98 Å². The molecule has 1 aromatic heterocycles. The van der Waals surface area contributed by atoms with Gasteiger partial charge in [0, 0.05) is 5.56 Å². The fourth-order valence-electron chi connectivity index (χ4n) is 2.00. The molecule has 0 unspecified atom stereocenters. The van der Waals surface area contributed by atoms with Crippen molar-refractivity contribution >= 4 is 11.9 Å². The molecule has 0 saturated heterocycles. The van der Waals surface area contributed by atoms with Crippen LogP contribution in [0.25, 0.3) is 11.3 Å². The Balaban J connectivity index is 1.89. The molecule has 0 spiro atoms. The SMILES string of the molecule is Oc1ccccc1/N=C/c1cccc(-c2ccccc2)n1. The van der Waals surface area contributed by atoms with Crippen LogP contribution in [0.5, 0.6) is 5.75 Å². The molecule has 0 aliphatic carbocycles. The second-order valence-electron chi connectivity index (χ2n) is 4.56. The maximum absolute atomic E-state index is 9.69. The summed E-state index contributed by atoms with van der Waals surface area (Å²) in [5, 5.41) is 9.69. The zero-order valence-corrected chi connectivity index (χ0v) is 11.3. The van der Waals surface area contributed by atoms with Gasteiger partial charge in [0.1, 0.15) is 11.4 Å². The number of aromatic hydroxyl groups is 1. The Hall–Kier alpha value is -2.94. The van der Waals surface area contributed by atoms with Crippen LogP contribution in [0, 0.1) is 0 Å². The van der Waals surface area contributed by atoms with Crippen LogP contribution in [0.1, 0.15) is 5.69 Å². The number of phenolic OH excluding ortho intramolecular Hbond substituents is 1. The van der Waals surface area contributed by atoms with Crippen molar-refractivity contribution in [2.45, 2.75) is 0 Å². The molecule has 1 heterocycles. The molecule has 102 valence electrons. The van der Waals surface area contributed by atoms with Crippen molar-refractivity contribution in [3.8, 4) is 17.0 Å². The Morgan fingerprint density at radius 3 is 2.38 bits per heavy atom. The third-order valence-electron chi connectivity index (χ3n) is 3.06. The minimum Gasteiger partial charge on any atom is -0.506 e. The van der Waals surface area contributed by atoms with E-state index >= 15 is 0 Å². The highest BCUT2D eigenvalue weighted by atomic mass is 16.3. The molecule has 3 rings (SSSR count). The predicted molar refractivity (Wildman–Crippen MR) is 85.0 cm³/mol. The molecule has 0 aliphatic heterocycles. The van der Waals surface area contributed by atoms with Crippen LogP contribution < -0.4 is 0 Å². The van der Waals surface area contributed by atoms with E-state index in [4.69, 9.17) is 0 Å². The Bertz CT molecular complexity index is 767. The first kappa shape index (κ1) is 13.1. The standard InChI is InChI=1S/C18H14N2O/c21-18-12-5-4-10-17(18)19-13-15-9-6-11-16(20-15)14-7-2-1-3-8-14/h1-13,21H/b19-13+. The molecule has 0 bridgehead atoms. The van der Waals surface area contributed by atoms with Gasteiger partial charge in [0.25, 0.3) is 0 Å². The van der Waals surface area contributed by atoms with E-state index in [0.717, 1.165) is 17.0 Å². The molecule has 0 atom stereocenters. The lowest BCUT2D eigenvalue weighted by Gasteiger charge is -2.01. The molecular weight excluding hydrogens is 260 g/mol. The van der Waals surface area contributed by atoms with E-state index in [1.165, 1.54) is 0 Å². The van der Waals surface area contributed by atoms with Gasteiger partial charge < -0.3 is 5.11 Å². The molecular formula is C18H14N2O. The Labute approximate surface area is 123 Å². The Kier molecular flexibility index (Phi) is 3.74. The van der Waals surface area contributed by atoms with E-state index in [1.807, 2.05) is 54.6 Å². The molecule has 3 aromatic rings. The molecule has 0 aliphatic rings. The summed E-state index contributed by atoms with van der Waals surface area (Å²) >= 11 is 0. The number of aromatic nitrogens is 1.